The summed E-state index contributed by atoms with van der Waals surface area (Å²) in [5.41, 5.74) is -1.91. The Balaban J connectivity index is 2.44. The number of hydrogen-bond donors (Lipinski definition) is 2. The third-order valence-corrected chi connectivity index (χ3v) is 6.45. The average Bonchev–Trinajstić information content (AvgIpc) is 3.20. The molecule has 0 spiro atoms. The quantitative estimate of drug-likeness (QED) is 0.288. The largest absolute Gasteiger partial charge is 0.453 e. The summed E-state index contributed by atoms with van der Waals surface area (Å²) in [4.78, 5) is 11.8. The molecule has 0 amide bonds. The lowest BCUT2D eigenvalue weighted by Crippen LogP contribution is -2.28. The highest BCUT2D eigenvalue weighted by molar-refractivity contribution is 7.98. The summed E-state index contributed by atoms with van der Waals surface area (Å²) < 4.78 is 67.4. The molecule has 1 aromatic carbocycles. The molecule has 1 heterocycles. The number of allylic oxidation sites excluding steroid dienone is 1. The Morgan fingerprint density at radius 2 is 2.03 bits per heavy atom. The van der Waals surface area contributed by atoms with E-state index in [-0.39, 0.29) is 20.8 Å². The average molecular weight is 529 g/mol. The summed E-state index contributed by atoms with van der Waals surface area (Å²) in [7, 11) is -3.50. The van der Waals surface area contributed by atoms with Crippen LogP contribution in [0.25, 0.3) is 16.3 Å². The van der Waals surface area contributed by atoms with Gasteiger partial charge in [-0.15, -0.1) is 22.0 Å². The topological polar surface area (TPSA) is 122 Å². The normalized spacial score (nSPS) is 12.8. The van der Waals surface area contributed by atoms with Crippen LogP contribution in [0.4, 0.5) is 13.2 Å². The van der Waals surface area contributed by atoms with Crippen LogP contribution in [0, 0.1) is 5.41 Å². The number of nitrogens with one attached hydrogen (secondary N) is 2. The predicted octanol–water partition coefficient (Wildman–Crippen LogP) is 3.55. The van der Waals surface area contributed by atoms with E-state index in [4.69, 9.17) is 21.7 Å². The first kappa shape index (κ1) is 26.1. The number of hydrogen-bond acceptors (Lipinski definition) is 10. The van der Waals surface area contributed by atoms with Crippen LogP contribution in [0.5, 0.6) is 0 Å². The molecule has 0 aliphatic carbocycles. The Hall–Kier alpha value is -2.16. The zero-order valence-electron chi connectivity index (χ0n) is 16.5. The first-order valence-corrected chi connectivity index (χ1v) is 12.9. The summed E-state index contributed by atoms with van der Waals surface area (Å²) in [6, 6.07) is 5.76. The number of halogens is 4. The number of carbonyl (C=O) groups excluding carboxylic acids is 1. The SMILES string of the molecule is CSCOC(=O)CN/C(=C(/Cl)C(=N)C(F)(F)F)c1nnc(-c2cccc(S(C)(=O)=O)c2)s1. The van der Waals surface area contributed by atoms with Crippen molar-refractivity contribution in [1.29, 1.82) is 5.41 Å². The van der Waals surface area contributed by atoms with Crippen molar-refractivity contribution >= 4 is 61.9 Å². The van der Waals surface area contributed by atoms with Gasteiger partial charge in [0, 0.05) is 11.8 Å². The van der Waals surface area contributed by atoms with Crippen molar-refractivity contribution in [3.8, 4) is 10.6 Å². The van der Waals surface area contributed by atoms with Gasteiger partial charge in [-0.1, -0.05) is 35.1 Å². The Labute approximate surface area is 194 Å². The lowest BCUT2D eigenvalue weighted by Gasteiger charge is -2.13. The third kappa shape index (κ3) is 6.92. The van der Waals surface area contributed by atoms with Gasteiger partial charge in [0.1, 0.15) is 17.5 Å². The number of aromatic nitrogens is 2. The molecule has 1 aromatic heterocycles. The molecular formula is C17H16ClF3N4O4S3. The number of nitrogens with zero attached hydrogens (tertiary/aromatic N) is 2. The van der Waals surface area contributed by atoms with Crippen LogP contribution in [0.3, 0.4) is 0 Å². The molecule has 15 heteroatoms. The summed E-state index contributed by atoms with van der Waals surface area (Å²) in [6.45, 7) is -0.532. The maximum atomic E-state index is 13.0. The summed E-state index contributed by atoms with van der Waals surface area (Å²) in [5.74, 6) is -0.712. The van der Waals surface area contributed by atoms with Crippen LogP contribution >= 0.6 is 34.7 Å². The van der Waals surface area contributed by atoms with Gasteiger partial charge in [-0.2, -0.15) is 13.2 Å². The Morgan fingerprint density at radius 3 is 2.62 bits per heavy atom. The van der Waals surface area contributed by atoms with Crippen LogP contribution in [-0.2, 0) is 19.4 Å². The Morgan fingerprint density at radius 1 is 1.34 bits per heavy atom. The second kappa shape index (κ2) is 10.6. The predicted molar refractivity (Wildman–Crippen MR) is 117 cm³/mol. The molecule has 0 aliphatic rings. The van der Waals surface area contributed by atoms with Gasteiger partial charge in [-0.3, -0.25) is 10.2 Å². The number of benzene rings is 1. The smallest absolute Gasteiger partial charge is 0.434 e. The first-order valence-electron chi connectivity index (χ1n) is 8.43. The highest BCUT2D eigenvalue weighted by Crippen LogP contribution is 2.32. The van der Waals surface area contributed by atoms with Gasteiger partial charge in [-0.05, 0) is 18.4 Å². The third-order valence-electron chi connectivity index (χ3n) is 3.62. The van der Waals surface area contributed by atoms with E-state index < -0.39 is 45.0 Å². The maximum absolute atomic E-state index is 13.0. The van der Waals surface area contributed by atoms with Crippen LogP contribution in [0.1, 0.15) is 5.01 Å². The highest BCUT2D eigenvalue weighted by Gasteiger charge is 2.38. The van der Waals surface area contributed by atoms with Gasteiger partial charge in [-0.25, -0.2) is 8.42 Å². The maximum Gasteiger partial charge on any atom is 0.434 e. The second-order valence-electron chi connectivity index (χ2n) is 6.05. The van der Waals surface area contributed by atoms with Crippen molar-refractivity contribution in [2.45, 2.75) is 11.1 Å². The second-order valence-corrected chi connectivity index (χ2v) is 10.2. The zero-order valence-corrected chi connectivity index (χ0v) is 19.7. The van der Waals surface area contributed by atoms with Crippen molar-refractivity contribution in [3.05, 3.63) is 34.3 Å². The number of esters is 1. The van der Waals surface area contributed by atoms with Gasteiger partial charge in [0.15, 0.2) is 20.6 Å². The molecule has 0 atom stereocenters. The van der Waals surface area contributed by atoms with Gasteiger partial charge in [0.05, 0.1) is 15.6 Å². The van der Waals surface area contributed by atoms with Crippen molar-refractivity contribution < 1.29 is 31.1 Å². The number of alkyl halides is 3. The first-order chi connectivity index (χ1) is 14.8. The van der Waals surface area contributed by atoms with Crippen LogP contribution in [0.15, 0.2) is 34.2 Å². The molecule has 0 fully saturated rings. The van der Waals surface area contributed by atoms with E-state index >= 15 is 0 Å². The number of thioether (sulfide) groups is 1. The molecule has 0 saturated carbocycles. The molecule has 2 N–H and O–H groups in total. The molecule has 0 radical (unpaired) electrons. The summed E-state index contributed by atoms with van der Waals surface area (Å²) >= 11 is 7.84. The lowest BCUT2D eigenvalue weighted by atomic mass is 10.2. The van der Waals surface area contributed by atoms with Crippen LogP contribution < -0.4 is 5.32 Å². The van der Waals surface area contributed by atoms with Gasteiger partial charge in [0.2, 0.25) is 0 Å². The standard InChI is InChI=1S/C17H16ClF3N4O4S3/c1-30-8-29-11(26)7-23-13(12(18)14(22)17(19,20)21)16-25-24-15(31-16)9-4-3-5-10(6-9)32(2,27)28/h3-6,22-23H,7-8H2,1-2H3/b13-12+,22-14?. The van der Waals surface area contributed by atoms with E-state index in [9.17, 15) is 26.4 Å². The number of carbonyl (C=O) groups is 1. The zero-order chi connectivity index (χ0) is 24.1. The van der Waals surface area contributed by atoms with E-state index in [2.05, 4.69) is 15.5 Å². The Kier molecular flexibility index (Phi) is 8.67. The van der Waals surface area contributed by atoms with E-state index in [1.807, 2.05) is 0 Å². The fourth-order valence-corrected chi connectivity index (χ4v) is 4.24. The van der Waals surface area contributed by atoms with E-state index in [1.165, 1.54) is 30.0 Å². The fraction of sp³-hybridized carbons (Fsp3) is 0.294. The molecule has 0 unspecified atom stereocenters. The summed E-state index contributed by atoms with van der Waals surface area (Å²) in [6.07, 6.45) is -2.32. The lowest BCUT2D eigenvalue weighted by molar-refractivity contribution is -0.140. The number of ether oxygens (including phenoxy) is 1. The molecule has 2 aromatic rings. The molecule has 0 saturated heterocycles. The fourth-order valence-electron chi connectivity index (χ4n) is 2.13. The molecule has 174 valence electrons. The monoisotopic (exact) mass is 528 g/mol. The molecule has 0 bridgehead atoms. The summed E-state index contributed by atoms with van der Waals surface area (Å²) in [5, 5.41) is 16.5. The van der Waals surface area contributed by atoms with Gasteiger partial charge < -0.3 is 10.1 Å². The minimum absolute atomic E-state index is 0.0223. The molecule has 8 nitrogen and oxygen atoms in total. The Bertz CT molecular complexity index is 1150. The minimum Gasteiger partial charge on any atom is -0.453 e. The van der Waals surface area contributed by atoms with Crippen molar-refractivity contribution in [3.63, 3.8) is 0 Å². The molecule has 2 rings (SSSR count). The molecular weight excluding hydrogens is 513 g/mol. The highest BCUT2D eigenvalue weighted by atomic mass is 35.5. The van der Waals surface area contributed by atoms with Crippen molar-refractivity contribution in [1.82, 2.24) is 15.5 Å². The number of sulfone groups is 1. The van der Waals surface area contributed by atoms with Gasteiger partial charge >= 0.3 is 12.1 Å². The van der Waals surface area contributed by atoms with E-state index in [0.717, 1.165) is 17.6 Å². The minimum atomic E-state index is -5.04. The van der Waals surface area contributed by atoms with Crippen LogP contribution in [-0.4, -0.2) is 61.5 Å². The van der Waals surface area contributed by atoms with E-state index in [1.54, 1.807) is 12.3 Å². The van der Waals surface area contributed by atoms with Crippen molar-refractivity contribution in [2.24, 2.45) is 0 Å². The molecule has 0 aliphatic heterocycles. The number of rotatable bonds is 9. The van der Waals surface area contributed by atoms with Crippen LogP contribution in [0.2, 0.25) is 0 Å². The molecule has 32 heavy (non-hydrogen) atoms. The van der Waals surface area contributed by atoms with Crippen molar-refractivity contribution in [2.75, 3.05) is 25.0 Å². The van der Waals surface area contributed by atoms with Gasteiger partial charge in [0.25, 0.3) is 0 Å². The van der Waals surface area contributed by atoms with E-state index in [0.29, 0.717) is 5.56 Å².